The lowest BCUT2D eigenvalue weighted by atomic mass is 9.87. The molecule has 1 aliphatic heterocycles. The van der Waals surface area contributed by atoms with Gasteiger partial charge in [0.15, 0.2) is 5.96 Å². The molecule has 1 saturated carbocycles. The molecule has 1 N–H and O–H groups in total. The maximum absolute atomic E-state index is 4.51. The van der Waals surface area contributed by atoms with Crippen LogP contribution in [0.15, 0.2) is 23.7 Å². The highest BCUT2D eigenvalue weighted by molar-refractivity contribution is 14.0. The number of thioether (sulfide) groups is 1. The number of rotatable bonds is 3. The highest BCUT2D eigenvalue weighted by Gasteiger charge is 2.38. The number of halogens is 1. The normalized spacial score (nSPS) is 21.1. The highest BCUT2D eigenvalue weighted by Crippen LogP contribution is 2.42. The van der Waals surface area contributed by atoms with E-state index in [0.29, 0.717) is 4.75 Å². The van der Waals surface area contributed by atoms with Crippen molar-refractivity contribution in [1.29, 1.82) is 0 Å². The summed E-state index contributed by atoms with van der Waals surface area (Å²) < 4.78 is 2.58. The minimum atomic E-state index is 0. The van der Waals surface area contributed by atoms with Gasteiger partial charge >= 0.3 is 0 Å². The summed E-state index contributed by atoms with van der Waals surface area (Å²) in [4.78, 5) is 11.1. The quantitative estimate of drug-likeness (QED) is 0.438. The molecule has 5 nitrogen and oxygen atoms in total. The average Bonchev–Trinajstić information content (AvgIpc) is 3.06. The topological polar surface area (TPSA) is 45.5 Å². The van der Waals surface area contributed by atoms with Crippen LogP contribution >= 0.6 is 35.7 Å². The number of aromatic nitrogens is 2. The molecule has 7 heteroatoms. The van der Waals surface area contributed by atoms with Crippen molar-refractivity contribution < 1.29 is 0 Å². The Morgan fingerprint density at radius 1 is 1.35 bits per heavy atom. The lowest BCUT2D eigenvalue weighted by Gasteiger charge is -2.45. The van der Waals surface area contributed by atoms with Gasteiger partial charge in [-0.3, -0.25) is 4.99 Å². The molecule has 0 unspecified atom stereocenters. The van der Waals surface area contributed by atoms with Crippen molar-refractivity contribution in [1.82, 2.24) is 19.8 Å². The van der Waals surface area contributed by atoms with Crippen molar-refractivity contribution >= 4 is 41.7 Å². The van der Waals surface area contributed by atoms with Crippen LogP contribution in [0.4, 0.5) is 0 Å². The molecule has 1 aromatic rings. The summed E-state index contributed by atoms with van der Waals surface area (Å²) in [5.74, 6) is 2.28. The molecular formula is C16H28IN5S. The van der Waals surface area contributed by atoms with Crippen LogP contribution in [0.25, 0.3) is 0 Å². The lowest BCUT2D eigenvalue weighted by Crippen LogP contribution is -2.53. The third-order valence-corrected chi connectivity index (χ3v) is 6.27. The fraction of sp³-hybridized carbons (Fsp3) is 0.750. The van der Waals surface area contributed by atoms with Gasteiger partial charge in [-0.15, -0.1) is 24.0 Å². The molecule has 1 aromatic heterocycles. The maximum atomic E-state index is 4.51. The minimum absolute atomic E-state index is 0. The predicted octanol–water partition coefficient (Wildman–Crippen LogP) is 2.83. The number of hydrogen-bond acceptors (Lipinski definition) is 3. The Morgan fingerprint density at radius 2 is 2.17 bits per heavy atom. The largest absolute Gasteiger partial charge is 0.354 e. The van der Waals surface area contributed by atoms with Crippen LogP contribution in [-0.4, -0.2) is 57.6 Å². The zero-order chi connectivity index (χ0) is 15.3. The van der Waals surface area contributed by atoms with Crippen molar-refractivity contribution in [2.24, 2.45) is 4.99 Å². The standard InChI is InChI=1S/C16H27N5S.HI/c1-17-15(19-8-10-20-9-7-18-14-20)21-11-12-22-16(13-21)5-3-2-4-6-16;/h7,9,14H,2-6,8,10-13H2,1H3,(H,17,19);1H. The van der Waals surface area contributed by atoms with Crippen molar-refractivity contribution in [3.8, 4) is 0 Å². The molecule has 2 fully saturated rings. The Morgan fingerprint density at radius 3 is 2.87 bits per heavy atom. The van der Waals surface area contributed by atoms with Crippen molar-refractivity contribution in [3.05, 3.63) is 18.7 Å². The van der Waals surface area contributed by atoms with Gasteiger partial charge < -0.3 is 14.8 Å². The van der Waals surface area contributed by atoms with E-state index in [0.717, 1.165) is 32.1 Å². The molecule has 130 valence electrons. The van der Waals surface area contributed by atoms with Gasteiger partial charge in [-0.05, 0) is 12.8 Å². The monoisotopic (exact) mass is 449 g/mol. The van der Waals surface area contributed by atoms with Gasteiger partial charge in [0, 0.05) is 56.1 Å². The number of nitrogens with one attached hydrogen (secondary N) is 1. The Bertz CT molecular complexity index is 479. The molecule has 3 rings (SSSR count). The van der Waals surface area contributed by atoms with Gasteiger partial charge in [0.05, 0.1) is 6.33 Å². The molecular weight excluding hydrogens is 421 g/mol. The predicted molar refractivity (Wildman–Crippen MR) is 109 cm³/mol. The number of imidazole rings is 1. The van der Waals surface area contributed by atoms with E-state index >= 15 is 0 Å². The SMILES string of the molecule is CN=C(NCCn1ccnc1)N1CCSC2(CCCCC2)C1.I. The first kappa shape index (κ1) is 18.9. The molecule has 2 heterocycles. The summed E-state index contributed by atoms with van der Waals surface area (Å²) in [6.45, 7) is 4.08. The summed E-state index contributed by atoms with van der Waals surface area (Å²) in [6, 6.07) is 0. The van der Waals surface area contributed by atoms with Crippen LogP contribution < -0.4 is 5.32 Å². The van der Waals surface area contributed by atoms with Gasteiger partial charge in [0.2, 0.25) is 0 Å². The second-order valence-electron chi connectivity index (χ2n) is 6.29. The van der Waals surface area contributed by atoms with Gasteiger partial charge in [-0.1, -0.05) is 19.3 Å². The second-order valence-corrected chi connectivity index (χ2v) is 7.85. The lowest BCUT2D eigenvalue weighted by molar-refractivity contribution is 0.293. The van der Waals surface area contributed by atoms with Gasteiger partial charge in [0.1, 0.15) is 0 Å². The van der Waals surface area contributed by atoms with Crippen molar-refractivity contribution in [2.45, 2.75) is 43.4 Å². The van der Waals surface area contributed by atoms with Crippen LogP contribution in [-0.2, 0) is 6.54 Å². The minimum Gasteiger partial charge on any atom is -0.354 e. The van der Waals surface area contributed by atoms with Crippen LogP contribution in [0, 0.1) is 0 Å². The summed E-state index contributed by atoms with van der Waals surface area (Å²) in [5, 5.41) is 3.52. The summed E-state index contributed by atoms with van der Waals surface area (Å²) in [5.41, 5.74) is 0. The van der Waals surface area contributed by atoms with E-state index in [-0.39, 0.29) is 24.0 Å². The number of nitrogens with zero attached hydrogens (tertiary/aromatic N) is 4. The first-order valence-electron chi connectivity index (χ1n) is 8.37. The fourth-order valence-corrected chi connectivity index (χ4v) is 5.14. The van der Waals surface area contributed by atoms with Crippen LogP contribution in [0.5, 0.6) is 0 Å². The van der Waals surface area contributed by atoms with Crippen LogP contribution in [0.3, 0.4) is 0 Å². The first-order valence-corrected chi connectivity index (χ1v) is 9.35. The van der Waals surface area contributed by atoms with Crippen molar-refractivity contribution in [2.75, 3.05) is 32.4 Å². The summed E-state index contributed by atoms with van der Waals surface area (Å²) in [7, 11) is 1.90. The summed E-state index contributed by atoms with van der Waals surface area (Å²) >= 11 is 2.20. The first-order chi connectivity index (χ1) is 10.8. The molecule has 0 aromatic carbocycles. The van der Waals surface area contributed by atoms with Gasteiger partial charge in [-0.25, -0.2) is 4.98 Å². The smallest absolute Gasteiger partial charge is 0.193 e. The molecule has 1 spiro atoms. The molecule has 2 aliphatic rings. The van der Waals surface area contributed by atoms with E-state index in [1.165, 1.54) is 37.9 Å². The van der Waals surface area contributed by atoms with Crippen LogP contribution in [0.1, 0.15) is 32.1 Å². The summed E-state index contributed by atoms with van der Waals surface area (Å²) in [6.07, 6.45) is 12.6. The molecule has 1 saturated heterocycles. The van der Waals surface area contributed by atoms with E-state index in [4.69, 9.17) is 0 Å². The van der Waals surface area contributed by atoms with Crippen molar-refractivity contribution in [3.63, 3.8) is 0 Å². The third-order valence-electron chi connectivity index (χ3n) is 4.74. The van der Waals surface area contributed by atoms with Crippen LogP contribution in [0.2, 0.25) is 0 Å². The van der Waals surface area contributed by atoms with E-state index < -0.39 is 0 Å². The van der Waals surface area contributed by atoms with E-state index in [2.05, 4.69) is 36.5 Å². The zero-order valence-corrected chi connectivity index (χ0v) is 17.1. The zero-order valence-electron chi connectivity index (χ0n) is 13.9. The average molecular weight is 449 g/mol. The second kappa shape index (κ2) is 9.15. The van der Waals surface area contributed by atoms with Gasteiger partial charge in [-0.2, -0.15) is 11.8 Å². The third kappa shape index (κ3) is 5.01. The Balaban J connectivity index is 0.00000192. The maximum Gasteiger partial charge on any atom is 0.193 e. The number of hydrogen-bond donors (Lipinski definition) is 1. The number of aliphatic imine (C=N–C) groups is 1. The van der Waals surface area contributed by atoms with E-state index in [1.807, 2.05) is 25.8 Å². The van der Waals surface area contributed by atoms with E-state index in [1.54, 1.807) is 0 Å². The molecule has 0 radical (unpaired) electrons. The van der Waals surface area contributed by atoms with Gasteiger partial charge in [0.25, 0.3) is 0 Å². The van der Waals surface area contributed by atoms with E-state index in [9.17, 15) is 0 Å². The Hall–Kier alpha value is -0.440. The molecule has 0 amide bonds. The molecule has 1 aliphatic carbocycles. The Labute approximate surface area is 160 Å². The molecule has 0 atom stereocenters. The fourth-order valence-electron chi connectivity index (χ4n) is 3.57. The highest BCUT2D eigenvalue weighted by atomic mass is 127. The molecule has 23 heavy (non-hydrogen) atoms. The Kier molecular flexibility index (Phi) is 7.52. The molecule has 0 bridgehead atoms. The number of guanidine groups is 1.